The third-order valence-corrected chi connectivity index (χ3v) is 10.8. The maximum absolute atomic E-state index is 5.17. The third-order valence-electron chi connectivity index (χ3n) is 10.8. The number of benzene rings is 5. The molecular weight excluding hydrogens is 617 g/mol. The molecule has 0 spiro atoms. The van der Waals surface area contributed by atoms with Crippen LogP contribution in [0.15, 0.2) is 140 Å². The fraction of sp³-hybridized carbons (Fsp3) is 0.184. The van der Waals surface area contributed by atoms with E-state index in [0.29, 0.717) is 0 Å². The number of nitrogens with zero attached hydrogens (tertiary/aromatic N) is 2. The number of rotatable bonds is 9. The highest BCUT2D eigenvalue weighted by molar-refractivity contribution is 6.11. The quantitative estimate of drug-likeness (QED) is 0.0855. The first-order valence-corrected chi connectivity index (χ1v) is 18.5. The van der Waals surface area contributed by atoms with Crippen LogP contribution in [0.1, 0.15) is 66.5 Å². The molecule has 250 valence electrons. The summed E-state index contributed by atoms with van der Waals surface area (Å²) in [6, 6.07) is 40.6. The summed E-state index contributed by atoms with van der Waals surface area (Å²) >= 11 is 0. The Morgan fingerprint density at radius 2 is 1.63 bits per heavy atom. The van der Waals surface area contributed by atoms with Gasteiger partial charge in [-0.25, -0.2) is 0 Å². The Bertz CT molecular complexity index is 2480. The molecule has 1 unspecified atom stereocenters. The first-order valence-electron chi connectivity index (χ1n) is 18.5. The minimum Gasteiger partial charge on any atom is -0.256 e. The van der Waals surface area contributed by atoms with Crippen LogP contribution in [0, 0.1) is 13.8 Å². The van der Waals surface area contributed by atoms with Crippen molar-refractivity contribution in [3.05, 3.63) is 174 Å². The number of allylic oxidation sites excluding steroid dienone is 2. The van der Waals surface area contributed by atoms with Crippen LogP contribution in [0.5, 0.6) is 0 Å². The van der Waals surface area contributed by atoms with Crippen molar-refractivity contribution in [1.29, 1.82) is 0 Å². The van der Waals surface area contributed by atoms with Crippen molar-refractivity contribution >= 4 is 27.6 Å². The second-order valence-corrected chi connectivity index (χ2v) is 14.1. The van der Waals surface area contributed by atoms with E-state index < -0.39 is 5.54 Å². The summed E-state index contributed by atoms with van der Waals surface area (Å²) in [5.74, 6) is 0. The molecule has 0 amide bonds. The Kier molecular flexibility index (Phi) is 8.48. The fourth-order valence-corrected chi connectivity index (χ4v) is 8.42. The molecule has 1 aliphatic heterocycles. The lowest BCUT2D eigenvalue weighted by atomic mass is 9.77. The summed E-state index contributed by atoms with van der Waals surface area (Å²) in [6.07, 6.45) is 15.4. The van der Waals surface area contributed by atoms with Gasteiger partial charge in [0.15, 0.2) is 6.20 Å². The number of hydrogen-bond donors (Lipinski definition) is 0. The average molecular weight is 662 g/mol. The lowest BCUT2D eigenvalue weighted by Gasteiger charge is -2.27. The molecule has 51 heavy (non-hydrogen) atoms. The van der Waals surface area contributed by atoms with Gasteiger partial charge in [-0.15, -0.1) is 0 Å². The minimum atomic E-state index is -0.662. The molecule has 0 N–H and O–H groups in total. The highest BCUT2D eigenvalue weighted by Crippen LogP contribution is 2.50. The molecule has 1 aliphatic rings. The number of fused-ring (bicyclic) bond motifs is 7. The van der Waals surface area contributed by atoms with Crippen LogP contribution in [0.2, 0.25) is 0 Å². The second kappa shape index (κ2) is 13.3. The van der Waals surface area contributed by atoms with Gasteiger partial charge in [-0.1, -0.05) is 112 Å². The van der Waals surface area contributed by atoms with Crippen LogP contribution in [-0.4, -0.2) is 4.98 Å². The predicted octanol–water partition coefficient (Wildman–Crippen LogP) is 12.4. The molecule has 0 fully saturated rings. The molecule has 3 heterocycles. The molecule has 0 bridgehead atoms. The second-order valence-electron chi connectivity index (χ2n) is 14.1. The Hall–Kier alpha value is -5.60. The van der Waals surface area contributed by atoms with Crippen LogP contribution in [-0.2, 0) is 12.0 Å². The summed E-state index contributed by atoms with van der Waals surface area (Å²) in [7, 11) is 0. The minimum absolute atomic E-state index is 0.662. The average Bonchev–Trinajstić information content (AvgIpc) is 3.47. The summed E-state index contributed by atoms with van der Waals surface area (Å²) in [5, 5.41) is 5.04. The summed E-state index contributed by atoms with van der Waals surface area (Å²) in [5.41, 5.74) is 13.8. The molecule has 1 atom stereocenters. The van der Waals surface area contributed by atoms with Crippen molar-refractivity contribution in [1.82, 2.24) is 4.98 Å². The van der Waals surface area contributed by atoms with E-state index in [9.17, 15) is 0 Å². The number of pyridine rings is 2. The number of aryl methyl sites for hydroxylation is 3. The van der Waals surface area contributed by atoms with Crippen LogP contribution >= 0.6 is 0 Å². The first-order chi connectivity index (χ1) is 25.0. The van der Waals surface area contributed by atoms with Crippen LogP contribution in [0.25, 0.3) is 61.3 Å². The van der Waals surface area contributed by atoms with E-state index in [1.54, 1.807) is 0 Å². The zero-order valence-electron chi connectivity index (χ0n) is 30.2. The van der Waals surface area contributed by atoms with Crippen LogP contribution in [0.4, 0.5) is 0 Å². The van der Waals surface area contributed by atoms with Crippen LogP contribution in [0.3, 0.4) is 0 Å². The van der Waals surface area contributed by atoms with Crippen molar-refractivity contribution in [2.24, 2.45) is 0 Å². The van der Waals surface area contributed by atoms with Crippen molar-refractivity contribution < 1.29 is 4.57 Å². The molecule has 2 heteroatoms. The normalized spacial score (nSPS) is 15.1. The molecule has 0 saturated carbocycles. The number of hydrogen-bond acceptors (Lipinski definition) is 1. The zero-order chi connectivity index (χ0) is 35.1. The maximum Gasteiger partial charge on any atom is 0.239 e. The van der Waals surface area contributed by atoms with Crippen molar-refractivity contribution in [2.45, 2.75) is 58.9 Å². The molecule has 2 aromatic heterocycles. The van der Waals surface area contributed by atoms with E-state index in [1.165, 1.54) is 83.7 Å². The Morgan fingerprint density at radius 1 is 0.765 bits per heavy atom. The fourth-order valence-electron chi connectivity index (χ4n) is 8.42. The molecule has 2 nitrogen and oxygen atoms in total. The first kappa shape index (κ1) is 32.6. The van der Waals surface area contributed by atoms with E-state index in [1.807, 2.05) is 0 Å². The smallest absolute Gasteiger partial charge is 0.239 e. The highest BCUT2D eigenvalue weighted by Gasteiger charge is 2.53. The van der Waals surface area contributed by atoms with E-state index in [2.05, 4.69) is 179 Å². The standard InChI is InChI=1S/C49H45N2/c1-6-9-14-35-16-13-18-38(30-35)39-22-24-45(43(31-39)46-25-20-36(32-50-46)15-10-7-2)49(8-3)47-34(5)28-33(4)29-44(47)48-42-23-21-37-17-11-12-19-40(37)41(42)26-27-51(48)49/h8-9,11-14,16-32H,3,6-7,10,15H2,1-2,4-5H3/q+1/b14-9-. The van der Waals surface area contributed by atoms with Gasteiger partial charge >= 0.3 is 0 Å². The van der Waals surface area contributed by atoms with Crippen molar-refractivity contribution in [3.8, 4) is 33.6 Å². The van der Waals surface area contributed by atoms with Gasteiger partial charge in [-0.3, -0.25) is 4.98 Å². The number of unbranched alkanes of at least 4 members (excludes halogenated alkanes) is 1. The molecule has 0 saturated heterocycles. The van der Waals surface area contributed by atoms with E-state index >= 15 is 0 Å². The third kappa shape index (κ3) is 5.42. The van der Waals surface area contributed by atoms with Gasteiger partial charge in [0.2, 0.25) is 11.2 Å². The highest BCUT2D eigenvalue weighted by atomic mass is 15.1. The van der Waals surface area contributed by atoms with Crippen molar-refractivity contribution in [3.63, 3.8) is 0 Å². The summed E-state index contributed by atoms with van der Waals surface area (Å²) in [6.45, 7) is 13.5. The summed E-state index contributed by atoms with van der Waals surface area (Å²) in [4.78, 5) is 5.17. The van der Waals surface area contributed by atoms with Gasteiger partial charge in [0.1, 0.15) is 0 Å². The van der Waals surface area contributed by atoms with Crippen LogP contribution < -0.4 is 4.57 Å². The van der Waals surface area contributed by atoms with Gasteiger partial charge in [-0.05, 0) is 114 Å². The van der Waals surface area contributed by atoms with Gasteiger partial charge in [0.05, 0.1) is 16.6 Å². The monoisotopic (exact) mass is 661 g/mol. The zero-order valence-corrected chi connectivity index (χ0v) is 30.2. The molecule has 0 radical (unpaired) electrons. The topological polar surface area (TPSA) is 16.8 Å². The van der Waals surface area contributed by atoms with E-state index in [-0.39, 0.29) is 0 Å². The lowest BCUT2D eigenvalue weighted by molar-refractivity contribution is -0.715. The molecular formula is C49H45N2+. The lowest BCUT2D eigenvalue weighted by Crippen LogP contribution is -2.54. The molecule has 8 rings (SSSR count). The van der Waals surface area contributed by atoms with Crippen molar-refractivity contribution in [2.75, 3.05) is 0 Å². The van der Waals surface area contributed by atoms with Gasteiger partial charge in [0, 0.05) is 34.3 Å². The van der Waals surface area contributed by atoms with Gasteiger partial charge in [-0.2, -0.15) is 4.57 Å². The maximum atomic E-state index is 5.17. The molecule has 5 aromatic carbocycles. The molecule has 7 aromatic rings. The van der Waals surface area contributed by atoms with E-state index in [0.717, 1.165) is 30.5 Å². The Morgan fingerprint density at radius 3 is 2.43 bits per heavy atom. The Labute approximate surface area is 302 Å². The number of aromatic nitrogens is 2. The van der Waals surface area contributed by atoms with E-state index in [4.69, 9.17) is 4.98 Å². The molecule has 0 aliphatic carbocycles. The van der Waals surface area contributed by atoms with Gasteiger partial charge in [0.25, 0.3) is 0 Å². The summed E-state index contributed by atoms with van der Waals surface area (Å²) < 4.78 is 2.48. The SMILES string of the molecule is C=CC1(c2ccc(-c3cccc(/C=C\CC)c3)cc2-c2ccc(CCCC)cn2)c2c(C)cc(C)cc2-c2c3ccc4ccccc4c3cc[n+]21. The largest absolute Gasteiger partial charge is 0.256 e. The Balaban J connectivity index is 1.43. The predicted molar refractivity (Wildman–Crippen MR) is 216 cm³/mol. The van der Waals surface area contributed by atoms with Gasteiger partial charge < -0.3 is 0 Å².